The maximum atomic E-state index is 11.5. The quantitative estimate of drug-likeness (QED) is 0.174. The summed E-state index contributed by atoms with van der Waals surface area (Å²) in [5.41, 5.74) is 0.921. The Morgan fingerprint density at radius 1 is 0.963 bits per heavy atom. The number of rotatable bonds is 9. The predicted octanol–water partition coefficient (Wildman–Crippen LogP) is 6.96. The Labute approximate surface area is 163 Å². The molecule has 27 heavy (non-hydrogen) atoms. The van der Waals surface area contributed by atoms with Gasteiger partial charge in [-0.1, -0.05) is 68.7 Å². The van der Waals surface area contributed by atoms with Gasteiger partial charge in [-0.15, -0.1) is 0 Å². The van der Waals surface area contributed by atoms with Crippen molar-refractivity contribution in [1.29, 1.82) is 0 Å². The minimum Gasteiger partial charge on any atom is -0.413 e. The average Bonchev–Trinajstić information content (AvgIpc) is 2.69. The van der Waals surface area contributed by atoms with Crippen LogP contribution in [0.25, 0.3) is 10.8 Å². The molecule has 3 aromatic carbocycles. The van der Waals surface area contributed by atoms with Crippen LogP contribution in [0.15, 0.2) is 65.6 Å². The highest BCUT2D eigenvalue weighted by Gasteiger charge is 2.20. The van der Waals surface area contributed by atoms with Crippen LogP contribution in [0.1, 0.15) is 38.2 Å². The summed E-state index contributed by atoms with van der Waals surface area (Å²) < 4.78 is 5.90. The molecule has 3 aromatic rings. The van der Waals surface area contributed by atoms with Gasteiger partial charge in [-0.05, 0) is 35.7 Å². The first kappa shape index (κ1) is 19.2. The number of unbranched alkanes of at least 4 members (excludes halogenated alkanes) is 3. The highest BCUT2D eigenvalue weighted by molar-refractivity contribution is 7.95. The standard InChI is InChI=1S/C22H23NO3S/c1-2-3-4-5-10-18-12-8-13-21(23(24)25)22(18)26-27-20-15-14-17-9-6-7-11-19(17)16-20/h6-9,11-16H,2-5,10H2,1H3. The lowest BCUT2D eigenvalue weighted by molar-refractivity contribution is -0.385. The fourth-order valence-electron chi connectivity index (χ4n) is 3.06. The molecule has 0 amide bonds. The third kappa shape index (κ3) is 5.01. The van der Waals surface area contributed by atoms with Gasteiger partial charge < -0.3 is 4.18 Å². The van der Waals surface area contributed by atoms with Crippen molar-refractivity contribution in [2.24, 2.45) is 0 Å². The Balaban J connectivity index is 1.79. The van der Waals surface area contributed by atoms with E-state index in [4.69, 9.17) is 4.18 Å². The van der Waals surface area contributed by atoms with Gasteiger partial charge in [0.1, 0.15) is 0 Å². The lowest BCUT2D eigenvalue weighted by Crippen LogP contribution is -1.97. The van der Waals surface area contributed by atoms with E-state index in [1.54, 1.807) is 6.07 Å². The number of nitro groups is 1. The van der Waals surface area contributed by atoms with E-state index in [0.717, 1.165) is 46.9 Å². The smallest absolute Gasteiger partial charge is 0.312 e. The largest absolute Gasteiger partial charge is 0.413 e. The van der Waals surface area contributed by atoms with Crippen LogP contribution in [-0.4, -0.2) is 4.92 Å². The van der Waals surface area contributed by atoms with E-state index in [2.05, 4.69) is 13.0 Å². The Kier molecular flexibility index (Phi) is 6.71. The van der Waals surface area contributed by atoms with Crippen molar-refractivity contribution in [3.05, 3.63) is 76.3 Å². The normalized spacial score (nSPS) is 10.9. The molecule has 0 atom stereocenters. The van der Waals surface area contributed by atoms with E-state index in [9.17, 15) is 10.1 Å². The van der Waals surface area contributed by atoms with Gasteiger partial charge in [-0.3, -0.25) is 10.1 Å². The van der Waals surface area contributed by atoms with Crippen molar-refractivity contribution < 1.29 is 9.11 Å². The van der Waals surface area contributed by atoms with E-state index in [-0.39, 0.29) is 10.6 Å². The van der Waals surface area contributed by atoms with Crippen LogP contribution in [0.2, 0.25) is 0 Å². The van der Waals surface area contributed by atoms with Crippen molar-refractivity contribution >= 4 is 28.5 Å². The molecule has 0 heterocycles. The molecule has 0 saturated heterocycles. The third-order valence-electron chi connectivity index (χ3n) is 4.51. The molecule has 0 aromatic heterocycles. The monoisotopic (exact) mass is 381 g/mol. The van der Waals surface area contributed by atoms with Crippen molar-refractivity contribution in [1.82, 2.24) is 0 Å². The predicted molar refractivity (Wildman–Crippen MR) is 111 cm³/mol. The molecule has 0 saturated carbocycles. The molecule has 0 radical (unpaired) electrons. The summed E-state index contributed by atoms with van der Waals surface area (Å²) in [5, 5.41) is 13.7. The SMILES string of the molecule is CCCCCCc1cccc([N+](=O)[O-])c1OSc1ccc2ccccc2c1. The molecule has 0 aliphatic rings. The molecule has 5 heteroatoms. The highest BCUT2D eigenvalue weighted by atomic mass is 32.2. The first-order valence-electron chi connectivity index (χ1n) is 9.28. The summed E-state index contributed by atoms with van der Waals surface area (Å²) in [6.07, 6.45) is 5.25. The Morgan fingerprint density at radius 3 is 2.56 bits per heavy atom. The number of benzene rings is 3. The highest BCUT2D eigenvalue weighted by Crippen LogP contribution is 2.36. The van der Waals surface area contributed by atoms with Crippen molar-refractivity contribution in [3.8, 4) is 5.75 Å². The molecular formula is C22H23NO3S. The zero-order chi connectivity index (χ0) is 19.1. The van der Waals surface area contributed by atoms with E-state index in [1.165, 1.54) is 24.5 Å². The first-order chi connectivity index (χ1) is 13.2. The molecule has 0 bridgehead atoms. The molecule has 0 aliphatic carbocycles. The van der Waals surface area contributed by atoms with Crippen LogP contribution in [0.4, 0.5) is 5.69 Å². The molecule has 0 fully saturated rings. The van der Waals surface area contributed by atoms with Crippen LogP contribution in [-0.2, 0) is 6.42 Å². The molecule has 3 rings (SSSR count). The van der Waals surface area contributed by atoms with Gasteiger partial charge in [0.25, 0.3) is 0 Å². The molecule has 0 aliphatic heterocycles. The summed E-state index contributed by atoms with van der Waals surface area (Å²) in [4.78, 5) is 12.0. The number of nitro benzene ring substituents is 1. The molecular weight excluding hydrogens is 358 g/mol. The average molecular weight is 381 g/mol. The van der Waals surface area contributed by atoms with Crippen LogP contribution in [0, 0.1) is 10.1 Å². The maximum Gasteiger partial charge on any atom is 0.312 e. The van der Waals surface area contributed by atoms with Gasteiger partial charge in [0.15, 0.2) is 0 Å². The van der Waals surface area contributed by atoms with Gasteiger partial charge >= 0.3 is 5.69 Å². The zero-order valence-corrected chi connectivity index (χ0v) is 16.2. The number of hydrogen-bond donors (Lipinski definition) is 0. The summed E-state index contributed by atoms with van der Waals surface area (Å²) in [6.45, 7) is 2.17. The van der Waals surface area contributed by atoms with Crippen LogP contribution in [0.5, 0.6) is 5.75 Å². The van der Waals surface area contributed by atoms with Crippen LogP contribution < -0.4 is 4.18 Å². The molecule has 4 nitrogen and oxygen atoms in total. The summed E-state index contributed by atoms with van der Waals surface area (Å²) in [5.74, 6) is 0.372. The van der Waals surface area contributed by atoms with E-state index >= 15 is 0 Å². The van der Waals surface area contributed by atoms with E-state index in [1.807, 2.05) is 42.5 Å². The summed E-state index contributed by atoms with van der Waals surface area (Å²) >= 11 is 1.17. The minimum atomic E-state index is -0.369. The van der Waals surface area contributed by atoms with E-state index < -0.39 is 0 Å². The minimum absolute atomic E-state index is 0.0243. The van der Waals surface area contributed by atoms with Crippen molar-refractivity contribution in [3.63, 3.8) is 0 Å². The molecule has 0 spiro atoms. The van der Waals surface area contributed by atoms with Gasteiger partial charge in [0.05, 0.1) is 17.0 Å². The van der Waals surface area contributed by atoms with Crippen molar-refractivity contribution in [2.45, 2.75) is 43.9 Å². The zero-order valence-electron chi connectivity index (χ0n) is 15.4. The fourth-order valence-corrected chi connectivity index (χ4v) is 3.73. The third-order valence-corrected chi connectivity index (χ3v) is 5.21. The number of para-hydroxylation sites is 1. The first-order valence-corrected chi connectivity index (χ1v) is 10.0. The van der Waals surface area contributed by atoms with Crippen LogP contribution >= 0.6 is 12.0 Å². The second-order valence-corrected chi connectivity index (χ2v) is 7.31. The maximum absolute atomic E-state index is 11.5. The van der Waals surface area contributed by atoms with Crippen LogP contribution in [0.3, 0.4) is 0 Å². The fraction of sp³-hybridized carbons (Fsp3) is 0.273. The van der Waals surface area contributed by atoms with Gasteiger partial charge in [-0.25, -0.2) is 0 Å². The summed E-state index contributed by atoms with van der Waals surface area (Å²) in [7, 11) is 0. The molecule has 0 unspecified atom stereocenters. The Hall–Kier alpha value is -2.53. The number of aryl methyl sites for hydroxylation is 1. The number of hydrogen-bond acceptors (Lipinski definition) is 4. The van der Waals surface area contributed by atoms with Gasteiger partial charge in [0.2, 0.25) is 5.75 Å². The second-order valence-electron chi connectivity index (χ2n) is 6.51. The molecule has 140 valence electrons. The van der Waals surface area contributed by atoms with Gasteiger partial charge in [-0.2, -0.15) is 0 Å². The second kappa shape index (κ2) is 9.42. The summed E-state index contributed by atoms with van der Waals surface area (Å²) in [6, 6.07) is 19.3. The number of fused-ring (bicyclic) bond motifs is 1. The van der Waals surface area contributed by atoms with Crippen molar-refractivity contribution in [2.75, 3.05) is 0 Å². The van der Waals surface area contributed by atoms with Gasteiger partial charge in [0, 0.05) is 16.5 Å². The topological polar surface area (TPSA) is 52.4 Å². The van der Waals surface area contributed by atoms with E-state index in [0.29, 0.717) is 5.75 Å². The molecule has 0 N–H and O–H groups in total. The number of nitrogens with zero attached hydrogens (tertiary/aromatic N) is 1. The lowest BCUT2D eigenvalue weighted by atomic mass is 10.0. The lowest BCUT2D eigenvalue weighted by Gasteiger charge is -2.11. The Bertz CT molecular complexity index is 926. The Morgan fingerprint density at radius 2 is 1.78 bits per heavy atom.